The van der Waals surface area contributed by atoms with E-state index in [2.05, 4.69) is 20.1 Å². The predicted octanol–water partition coefficient (Wildman–Crippen LogP) is 4.39. The Morgan fingerprint density at radius 1 is 1.27 bits per heavy atom. The summed E-state index contributed by atoms with van der Waals surface area (Å²) in [6.45, 7) is 14.7. The molecule has 0 heterocycles. The van der Waals surface area contributed by atoms with Crippen molar-refractivity contribution in [3.05, 3.63) is 36.0 Å². The Kier molecular flexibility index (Phi) is 5.34. The average molecular weight is 304 g/mol. The first-order valence-corrected chi connectivity index (χ1v) is 8.59. The molecule has 0 spiro atoms. The summed E-state index contributed by atoms with van der Waals surface area (Å²) >= 11 is 0. The van der Waals surface area contributed by atoms with Crippen molar-refractivity contribution in [2.75, 3.05) is 0 Å². The third-order valence-electron chi connectivity index (χ3n) is 5.78. The van der Waals surface area contributed by atoms with Crippen molar-refractivity contribution in [3.63, 3.8) is 0 Å². The monoisotopic (exact) mass is 304 g/mol. The van der Waals surface area contributed by atoms with Crippen LogP contribution in [0.15, 0.2) is 36.0 Å². The second-order valence-electron chi connectivity index (χ2n) is 8.00. The summed E-state index contributed by atoms with van der Waals surface area (Å²) in [5, 5.41) is 20.4. The van der Waals surface area contributed by atoms with Crippen LogP contribution >= 0.6 is 0 Å². The molecule has 0 aromatic heterocycles. The molecule has 0 saturated heterocycles. The Hall–Kier alpha value is -0.860. The molecule has 2 saturated carbocycles. The Morgan fingerprint density at radius 3 is 2.55 bits per heavy atom. The van der Waals surface area contributed by atoms with Crippen LogP contribution in [0.2, 0.25) is 0 Å². The van der Waals surface area contributed by atoms with Crippen LogP contribution in [0.1, 0.15) is 59.3 Å². The molecule has 0 aromatic rings. The van der Waals surface area contributed by atoms with E-state index < -0.39 is 0 Å². The maximum absolute atomic E-state index is 10.3. The Balaban J connectivity index is 2.09. The van der Waals surface area contributed by atoms with Gasteiger partial charge in [-0.15, -0.1) is 0 Å². The van der Waals surface area contributed by atoms with Crippen molar-refractivity contribution >= 4 is 0 Å². The van der Waals surface area contributed by atoms with Crippen molar-refractivity contribution in [2.45, 2.75) is 71.5 Å². The minimum atomic E-state index is -0.378. The fourth-order valence-corrected chi connectivity index (χ4v) is 4.48. The fourth-order valence-electron chi connectivity index (χ4n) is 4.48. The van der Waals surface area contributed by atoms with Crippen LogP contribution in [-0.4, -0.2) is 22.4 Å². The zero-order valence-electron chi connectivity index (χ0n) is 14.4. The van der Waals surface area contributed by atoms with E-state index in [0.29, 0.717) is 11.8 Å². The van der Waals surface area contributed by atoms with Crippen molar-refractivity contribution in [2.24, 2.45) is 17.3 Å². The quantitative estimate of drug-likeness (QED) is 0.759. The van der Waals surface area contributed by atoms with Gasteiger partial charge in [0.05, 0.1) is 12.2 Å². The number of hydrogen-bond acceptors (Lipinski definition) is 2. The Labute approximate surface area is 135 Å². The van der Waals surface area contributed by atoms with E-state index in [1.807, 2.05) is 19.9 Å². The number of aliphatic hydroxyl groups excluding tert-OH is 2. The normalized spacial score (nSPS) is 37.2. The Bertz CT molecular complexity index is 472. The van der Waals surface area contributed by atoms with Crippen LogP contribution in [0.4, 0.5) is 0 Å². The molecular formula is C20H32O2. The van der Waals surface area contributed by atoms with Crippen LogP contribution in [-0.2, 0) is 0 Å². The highest BCUT2D eigenvalue weighted by atomic mass is 16.3. The van der Waals surface area contributed by atoms with Gasteiger partial charge in [0, 0.05) is 0 Å². The lowest BCUT2D eigenvalue weighted by molar-refractivity contribution is -0.0436. The van der Waals surface area contributed by atoms with E-state index >= 15 is 0 Å². The zero-order chi connectivity index (χ0) is 16.5. The number of fused-ring (bicyclic) bond motifs is 1. The predicted molar refractivity (Wildman–Crippen MR) is 92.5 cm³/mol. The molecule has 22 heavy (non-hydrogen) atoms. The van der Waals surface area contributed by atoms with Gasteiger partial charge < -0.3 is 10.2 Å². The molecule has 2 nitrogen and oxygen atoms in total. The van der Waals surface area contributed by atoms with E-state index in [9.17, 15) is 10.2 Å². The number of aliphatic hydroxyl groups is 2. The molecule has 2 aliphatic carbocycles. The maximum Gasteiger partial charge on any atom is 0.0750 e. The summed E-state index contributed by atoms with van der Waals surface area (Å²) in [6, 6.07) is 0. The molecule has 2 aliphatic rings. The van der Waals surface area contributed by atoms with Gasteiger partial charge in [-0.05, 0) is 75.2 Å². The molecule has 0 aliphatic heterocycles. The molecule has 2 N–H and O–H groups in total. The molecule has 0 radical (unpaired) electrons. The molecule has 2 fully saturated rings. The van der Waals surface area contributed by atoms with Crippen molar-refractivity contribution < 1.29 is 10.2 Å². The van der Waals surface area contributed by atoms with Gasteiger partial charge in [0.15, 0.2) is 0 Å². The lowest BCUT2D eigenvalue weighted by atomic mass is 9.49. The summed E-state index contributed by atoms with van der Waals surface area (Å²) in [6.07, 6.45) is 6.77. The van der Waals surface area contributed by atoms with Crippen LogP contribution in [0.3, 0.4) is 0 Å². The number of rotatable bonds is 3. The number of hydrogen-bond donors (Lipinski definition) is 2. The van der Waals surface area contributed by atoms with Gasteiger partial charge in [0.2, 0.25) is 0 Å². The molecule has 5 atom stereocenters. The summed E-state index contributed by atoms with van der Waals surface area (Å²) in [7, 11) is 0. The van der Waals surface area contributed by atoms with Gasteiger partial charge in [-0.1, -0.05) is 37.3 Å². The van der Waals surface area contributed by atoms with Crippen LogP contribution in [0.25, 0.3) is 0 Å². The first-order chi connectivity index (χ1) is 10.2. The van der Waals surface area contributed by atoms with E-state index in [4.69, 9.17) is 0 Å². The van der Waals surface area contributed by atoms with Gasteiger partial charge in [0.25, 0.3) is 0 Å². The van der Waals surface area contributed by atoms with E-state index in [1.165, 1.54) is 11.1 Å². The van der Waals surface area contributed by atoms with Crippen LogP contribution in [0.5, 0.6) is 0 Å². The third kappa shape index (κ3) is 3.72. The van der Waals surface area contributed by atoms with Gasteiger partial charge in [-0.2, -0.15) is 0 Å². The molecule has 2 heteroatoms. The zero-order valence-corrected chi connectivity index (χ0v) is 14.4. The summed E-state index contributed by atoms with van der Waals surface area (Å²) in [5.74, 6) is 1.12. The molecule has 124 valence electrons. The lowest BCUT2D eigenvalue weighted by Crippen LogP contribution is -2.48. The van der Waals surface area contributed by atoms with Crippen LogP contribution < -0.4 is 0 Å². The Morgan fingerprint density at radius 2 is 1.91 bits per heavy atom. The molecule has 0 bridgehead atoms. The lowest BCUT2D eigenvalue weighted by Gasteiger charge is -2.55. The largest absolute Gasteiger partial charge is 0.389 e. The van der Waals surface area contributed by atoms with Gasteiger partial charge in [-0.25, -0.2) is 0 Å². The second kappa shape index (κ2) is 6.72. The van der Waals surface area contributed by atoms with Gasteiger partial charge >= 0.3 is 0 Å². The smallest absolute Gasteiger partial charge is 0.0750 e. The molecular weight excluding hydrogens is 272 g/mol. The summed E-state index contributed by atoms with van der Waals surface area (Å²) in [5.41, 5.74) is 3.59. The standard InChI is InChI=1S/C20H32O2/c1-13(2)10-16(21)11-20(5)12-17-14(3)7-9-19(22)15(4)6-8-18(17)20/h10,16-19,21-22H,3-4,6-9,11-12H2,1-2,5H3/t16?,17-,18-,19+,20-/m1/s1. The SMILES string of the molecule is C=C1CC[C@H](O)C(=C)CC[C@@H]2[C@@H]1C[C@@]2(C)CC(O)C=C(C)C. The summed E-state index contributed by atoms with van der Waals surface area (Å²) in [4.78, 5) is 0. The van der Waals surface area contributed by atoms with E-state index in [-0.39, 0.29) is 17.6 Å². The highest BCUT2D eigenvalue weighted by molar-refractivity contribution is 5.18. The van der Waals surface area contributed by atoms with Gasteiger partial charge in [0.1, 0.15) is 0 Å². The topological polar surface area (TPSA) is 40.5 Å². The maximum atomic E-state index is 10.3. The summed E-state index contributed by atoms with van der Waals surface area (Å²) < 4.78 is 0. The first kappa shape index (κ1) is 17.5. The van der Waals surface area contributed by atoms with Crippen molar-refractivity contribution in [3.8, 4) is 0 Å². The highest BCUT2D eigenvalue weighted by Crippen LogP contribution is 2.59. The minimum Gasteiger partial charge on any atom is -0.389 e. The number of allylic oxidation sites excluding steroid dienone is 2. The van der Waals surface area contributed by atoms with Crippen molar-refractivity contribution in [1.82, 2.24) is 0 Å². The second-order valence-corrected chi connectivity index (χ2v) is 8.00. The average Bonchev–Trinajstić information content (AvgIpc) is 2.43. The highest BCUT2D eigenvalue weighted by Gasteiger charge is 2.51. The third-order valence-corrected chi connectivity index (χ3v) is 5.78. The molecule has 2 rings (SSSR count). The van der Waals surface area contributed by atoms with Crippen LogP contribution in [0, 0.1) is 17.3 Å². The molecule has 0 amide bonds. The first-order valence-electron chi connectivity index (χ1n) is 8.59. The molecule has 0 aromatic carbocycles. The van der Waals surface area contributed by atoms with Crippen molar-refractivity contribution in [1.29, 1.82) is 0 Å². The van der Waals surface area contributed by atoms with Gasteiger partial charge in [-0.3, -0.25) is 0 Å². The van der Waals surface area contributed by atoms with E-state index in [1.54, 1.807) is 0 Å². The minimum absolute atomic E-state index is 0.175. The fraction of sp³-hybridized carbons (Fsp3) is 0.700. The molecule has 1 unspecified atom stereocenters. The van der Waals surface area contributed by atoms with E-state index in [0.717, 1.165) is 44.1 Å².